The standard InChI is InChI=1S/C18H18FNO4/c19-15-4-2-1-3-14(15)16-7-5-13(24-16)6-8-17(21)20-10-9-12(11-20)18(22)23/h1-5,7,12H,6,8-11H2,(H,22,23)/t12-/m0/s1. The predicted molar refractivity (Wildman–Crippen MR) is 84.7 cm³/mol. The van der Waals surface area contributed by atoms with Crippen molar-refractivity contribution in [2.24, 2.45) is 5.92 Å². The SMILES string of the molecule is O=C(O)[C@H]1CCN(C(=O)CCc2ccc(-c3ccccc3F)o2)C1. The summed E-state index contributed by atoms with van der Waals surface area (Å²) in [5.74, 6) is -0.719. The van der Waals surface area contributed by atoms with Crippen LogP contribution in [0.4, 0.5) is 4.39 Å². The van der Waals surface area contributed by atoms with Crippen LogP contribution in [0.3, 0.4) is 0 Å². The summed E-state index contributed by atoms with van der Waals surface area (Å²) in [4.78, 5) is 24.7. The van der Waals surface area contributed by atoms with Crippen LogP contribution in [0, 0.1) is 11.7 Å². The number of carbonyl (C=O) groups excluding carboxylic acids is 1. The van der Waals surface area contributed by atoms with E-state index >= 15 is 0 Å². The molecule has 24 heavy (non-hydrogen) atoms. The molecule has 0 aliphatic carbocycles. The second-order valence-electron chi connectivity index (χ2n) is 5.91. The van der Waals surface area contributed by atoms with Crippen molar-refractivity contribution in [1.29, 1.82) is 0 Å². The Morgan fingerprint density at radius 2 is 2.04 bits per heavy atom. The van der Waals surface area contributed by atoms with Gasteiger partial charge >= 0.3 is 5.97 Å². The molecule has 2 aromatic rings. The summed E-state index contributed by atoms with van der Waals surface area (Å²) in [6, 6.07) is 9.78. The van der Waals surface area contributed by atoms with Crippen molar-refractivity contribution in [2.45, 2.75) is 19.3 Å². The number of carbonyl (C=O) groups is 2. The van der Waals surface area contributed by atoms with Gasteiger partial charge in [-0.3, -0.25) is 9.59 Å². The third kappa shape index (κ3) is 3.48. The maximum absolute atomic E-state index is 13.7. The number of halogens is 1. The summed E-state index contributed by atoms with van der Waals surface area (Å²) in [6.07, 6.45) is 1.15. The van der Waals surface area contributed by atoms with E-state index in [4.69, 9.17) is 9.52 Å². The van der Waals surface area contributed by atoms with Crippen molar-refractivity contribution in [3.05, 3.63) is 48.0 Å². The maximum atomic E-state index is 13.7. The fourth-order valence-electron chi connectivity index (χ4n) is 2.89. The minimum Gasteiger partial charge on any atom is -0.481 e. The van der Waals surface area contributed by atoms with E-state index in [1.165, 1.54) is 6.07 Å². The van der Waals surface area contributed by atoms with E-state index in [1.807, 2.05) is 0 Å². The number of furan rings is 1. The zero-order valence-electron chi connectivity index (χ0n) is 13.1. The molecule has 0 spiro atoms. The first-order valence-corrected chi connectivity index (χ1v) is 7.89. The molecule has 5 nitrogen and oxygen atoms in total. The van der Waals surface area contributed by atoms with Crippen LogP contribution >= 0.6 is 0 Å². The van der Waals surface area contributed by atoms with Gasteiger partial charge in [0.25, 0.3) is 0 Å². The average Bonchev–Trinajstić information content (AvgIpc) is 3.22. The lowest BCUT2D eigenvalue weighted by atomic mass is 10.1. The van der Waals surface area contributed by atoms with Crippen LogP contribution in [-0.4, -0.2) is 35.0 Å². The first-order chi connectivity index (χ1) is 11.5. The average molecular weight is 331 g/mol. The second-order valence-corrected chi connectivity index (χ2v) is 5.91. The number of carboxylic acids is 1. The largest absolute Gasteiger partial charge is 0.481 e. The molecule has 3 rings (SSSR count). The number of benzene rings is 1. The summed E-state index contributed by atoms with van der Waals surface area (Å²) in [5.41, 5.74) is 0.388. The van der Waals surface area contributed by atoms with Crippen LogP contribution in [0.5, 0.6) is 0 Å². The normalized spacial score (nSPS) is 17.2. The van der Waals surface area contributed by atoms with Gasteiger partial charge in [0.2, 0.25) is 5.91 Å². The predicted octanol–water partition coefficient (Wildman–Crippen LogP) is 2.95. The van der Waals surface area contributed by atoms with Crippen LogP contribution in [0.2, 0.25) is 0 Å². The van der Waals surface area contributed by atoms with Gasteiger partial charge in [-0.15, -0.1) is 0 Å². The number of rotatable bonds is 5. The number of likely N-dealkylation sites (tertiary alicyclic amines) is 1. The zero-order valence-corrected chi connectivity index (χ0v) is 13.1. The molecular weight excluding hydrogens is 313 g/mol. The van der Waals surface area contributed by atoms with Crippen molar-refractivity contribution in [1.82, 2.24) is 4.90 Å². The first-order valence-electron chi connectivity index (χ1n) is 7.89. The van der Waals surface area contributed by atoms with Crippen LogP contribution < -0.4 is 0 Å². The molecule has 2 heterocycles. The molecule has 1 aromatic carbocycles. The lowest BCUT2D eigenvalue weighted by Gasteiger charge is -2.15. The number of aryl methyl sites for hydroxylation is 1. The van der Waals surface area contributed by atoms with Crippen molar-refractivity contribution in [2.75, 3.05) is 13.1 Å². The topological polar surface area (TPSA) is 70.8 Å². The van der Waals surface area contributed by atoms with Gasteiger partial charge in [0.05, 0.1) is 11.5 Å². The molecule has 126 valence electrons. The highest BCUT2D eigenvalue weighted by atomic mass is 19.1. The maximum Gasteiger partial charge on any atom is 0.308 e. The van der Waals surface area contributed by atoms with Crippen molar-refractivity contribution in [3.8, 4) is 11.3 Å². The van der Waals surface area contributed by atoms with E-state index in [0.717, 1.165) is 0 Å². The molecule has 0 bridgehead atoms. The van der Waals surface area contributed by atoms with E-state index in [9.17, 15) is 14.0 Å². The number of aliphatic carboxylic acids is 1. The fourth-order valence-corrected chi connectivity index (χ4v) is 2.89. The van der Waals surface area contributed by atoms with Crippen LogP contribution in [-0.2, 0) is 16.0 Å². The summed E-state index contributed by atoms with van der Waals surface area (Å²) in [6.45, 7) is 0.751. The van der Waals surface area contributed by atoms with E-state index < -0.39 is 11.9 Å². The van der Waals surface area contributed by atoms with Gasteiger partial charge in [-0.2, -0.15) is 0 Å². The zero-order chi connectivity index (χ0) is 17.1. The minimum absolute atomic E-state index is 0.0809. The lowest BCUT2D eigenvalue weighted by molar-refractivity contribution is -0.141. The molecule has 1 N–H and O–H groups in total. The minimum atomic E-state index is -0.856. The molecule has 1 aromatic heterocycles. The molecule has 1 atom stereocenters. The second kappa shape index (κ2) is 6.86. The lowest BCUT2D eigenvalue weighted by Crippen LogP contribution is -2.30. The Morgan fingerprint density at radius 3 is 2.75 bits per heavy atom. The van der Waals surface area contributed by atoms with Crippen LogP contribution in [0.1, 0.15) is 18.6 Å². The quantitative estimate of drug-likeness (QED) is 0.914. The van der Waals surface area contributed by atoms with Crippen molar-refractivity contribution >= 4 is 11.9 Å². The molecule has 6 heteroatoms. The number of nitrogens with zero attached hydrogens (tertiary/aromatic N) is 1. The number of hydrogen-bond acceptors (Lipinski definition) is 3. The third-order valence-corrected chi connectivity index (χ3v) is 4.28. The molecule has 1 amide bonds. The Hall–Kier alpha value is -2.63. The molecule has 1 aliphatic heterocycles. The summed E-state index contributed by atoms with van der Waals surface area (Å²) < 4.78 is 19.4. The summed E-state index contributed by atoms with van der Waals surface area (Å²) in [5, 5.41) is 8.97. The van der Waals surface area contributed by atoms with Gasteiger partial charge in [-0.25, -0.2) is 4.39 Å². The van der Waals surface area contributed by atoms with Crippen molar-refractivity contribution < 1.29 is 23.5 Å². The van der Waals surface area contributed by atoms with E-state index in [2.05, 4.69) is 0 Å². The van der Waals surface area contributed by atoms with Gasteiger partial charge in [0.15, 0.2) is 0 Å². The Balaban J connectivity index is 1.57. The van der Waals surface area contributed by atoms with Gasteiger partial charge < -0.3 is 14.4 Å². The Morgan fingerprint density at radius 1 is 1.25 bits per heavy atom. The highest BCUT2D eigenvalue weighted by Crippen LogP contribution is 2.25. The van der Waals surface area contributed by atoms with Gasteiger partial charge in [0, 0.05) is 25.9 Å². The molecule has 0 saturated carbocycles. The van der Waals surface area contributed by atoms with Gasteiger partial charge in [-0.1, -0.05) is 12.1 Å². The summed E-state index contributed by atoms with van der Waals surface area (Å²) >= 11 is 0. The smallest absolute Gasteiger partial charge is 0.308 e. The van der Waals surface area contributed by atoms with Gasteiger partial charge in [0.1, 0.15) is 17.3 Å². The summed E-state index contributed by atoms with van der Waals surface area (Å²) in [7, 11) is 0. The van der Waals surface area contributed by atoms with E-state index in [-0.39, 0.29) is 24.7 Å². The molecule has 0 unspecified atom stereocenters. The Bertz CT molecular complexity index is 755. The highest BCUT2D eigenvalue weighted by molar-refractivity contribution is 5.78. The Kier molecular flexibility index (Phi) is 4.64. The van der Waals surface area contributed by atoms with Crippen molar-refractivity contribution in [3.63, 3.8) is 0 Å². The third-order valence-electron chi connectivity index (χ3n) is 4.28. The monoisotopic (exact) mass is 331 g/mol. The number of amides is 1. The molecular formula is C18H18FNO4. The molecule has 0 radical (unpaired) electrons. The van der Waals surface area contributed by atoms with E-state index in [1.54, 1.807) is 35.2 Å². The highest BCUT2D eigenvalue weighted by Gasteiger charge is 2.30. The van der Waals surface area contributed by atoms with E-state index in [0.29, 0.717) is 36.5 Å². The number of hydrogen-bond donors (Lipinski definition) is 1. The fraction of sp³-hybridized carbons (Fsp3) is 0.333. The molecule has 1 saturated heterocycles. The molecule has 1 aliphatic rings. The van der Waals surface area contributed by atoms with Crippen LogP contribution in [0.15, 0.2) is 40.8 Å². The van der Waals surface area contributed by atoms with Gasteiger partial charge in [-0.05, 0) is 30.7 Å². The Labute approximate surface area is 138 Å². The molecule has 1 fully saturated rings. The first kappa shape index (κ1) is 16.2. The van der Waals surface area contributed by atoms with Crippen LogP contribution in [0.25, 0.3) is 11.3 Å². The number of carboxylic acid groups (broad SMARTS) is 1.